The molecule has 1 aliphatic carbocycles. The van der Waals surface area contributed by atoms with Gasteiger partial charge in [-0.1, -0.05) is 43.3 Å². The largest absolute Gasteiger partial charge is 0.497 e. The van der Waals surface area contributed by atoms with Crippen LogP contribution in [0.4, 0.5) is 0 Å². The molecule has 2 atom stereocenters. The summed E-state index contributed by atoms with van der Waals surface area (Å²) in [4.78, 5) is 4.32. The van der Waals surface area contributed by atoms with Crippen LogP contribution in [0.25, 0.3) is 5.57 Å². The second-order valence-corrected chi connectivity index (χ2v) is 6.59. The lowest BCUT2D eigenvalue weighted by molar-refractivity contribution is 0.150. The molecule has 0 saturated carbocycles. The third kappa shape index (κ3) is 3.70. The Balaban J connectivity index is 2.14. The topological polar surface area (TPSA) is 40.6 Å². The van der Waals surface area contributed by atoms with Gasteiger partial charge in [0.15, 0.2) is 11.5 Å². The number of aromatic nitrogens is 1. The maximum atomic E-state index is 5.85. The van der Waals surface area contributed by atoms with E-state index in [4.69, 9.17) is 14.2 Å². The molecule has 0 bridgehead atoms. The molecule has 1 aromatic heterocycles. The lowest BCUT2D eigenvalue weighted by atomic mass is 9.75. The van der Waals surface area contributed by atoms with Gasteiger partial charge in [0.1, 0.15) is 5.76 Å². The van der Waals surface area contributed by atoms with Crippen molar-refractivity contribution in [3.05, 3.63) is 83.3 Å². The van der Waals surface area contributed by atoms with Crippen LogP contribution >= 0.6 is 0 Å². The van der Waals surface area contributed by atoms with Crippen LogP contribution < -0.4 is 0 Å². The van der Waals surface area contributed by atoms with Crippen LogP contribution in [0, 0.1) is 5.92 Å². The van der Waals surface area contributed by atoms with Gasteiger partial charge in [-0.2, -0.15) is 0 Å². The molecule has 2 unspecified atom stereocenters. The Morgan fingerprint density at radius 3 is 2.26 bits per heavy atom. The summed E-state index contributed by atoms with van der Waals surface area (Å²) in [5.74, 6) is 2.68. The first-order chi connectivity index (χ1) is 13.2. The zero-order chi connectivity index (χ0) is 19.2. The van der Waals surface area contributed by atoms with Crippen LogP contribution in [0.5, 0.6) is 0 Å². The molecule has 0 fully saturated rings. The summed E-state index contributed by atoms with van der Waals surface area (Å²) in [6.07, 6.45) is 5.55. The van der Waals surface area contributed by atoms with Crippen molar-refractivity contribution in [2.75, 3.05) is 21.3 Å². The Morgan fingerprint density at radius 2 is 1.70 bits per heavy atom. The predicted molar refractivity (Wildman–Crippen MR) is 107 cm³/mol. The molecule has 3 rings (SSSR count). The van der Waals surface area contributed by atoms with Crippen molar-refractivity contribution in [1.82, 2.24) is 4.98 Å². The van der Waals surface area contributed by atoms with Crippen LogP contribution in [-0.2, 0) is 14.2 Å². The van der Waals surface area contributed by atoms with Crippen molar-refractivity contribution in [1.29, 1.82) is 0 Å². The quantitative estimate of drug-likeness (QED) is 0.680. The van der Waals surface area contributed by atoms with Crippen molar-refractivity contribution in [3.8, 4) is 0 Å². The van der Waals surface area contributed by atoms with E-state index >= 15 is 0 Å². The van der Waals surface area contributed by atoms with Gasteiger partial charge in [-0.15, -0.1) is 0 Å². The maximum absolute atomic E-state index is 5.85. The summed E-state index contributed by atoms with van der Waals surface area (Å²) < 4.78 is 17.4. The number of hydrogen-bond donors (Lipinski definition) is 0. The molecule has 1 aliphatic rings. The maximum Gasteiger partial charge on any atom is 0.199 e. The number of ether oxygens (including phenoxy) is 3. The van der Waals surface area contributed by atoms with Crippen molar-refractivity contribution in [2.24, 2.45) is 5.92 Å². The summed E-state index contributed by atoms with van der Waals surface area (Å²) >= 11 is 0. The average Bonchev–Trinajstić information content (AvgIpc) is 2.74. The molecule has 4 heteroatoms. The fraction of sp³-hybridized carbons (Fsp3) is 0.348. The van der Waals surface area contributed by atoms with Gasteiger partial charge in [-0.25, -0.2) is 0 Å². The van der Waals surface area contributed by atoms with Crippen LogP contribution in [0.2, 0.25) is 0 Å². The summed E-state index contributed by atoms with van der Waals surface area (Å²) in [6, 6.07) is 14.5. The number of methoxy groups -OCH3 is 3. The highest BCUT2D eigenvalue weighted by Crippen LogP contribution is 2.46. The number of hydrogen-bond acceptors (Lipinski definition) is 4. The molecule has 0 radical (unpaired) electrons. The zero-order valence-electron chi connectivity index (χ0n) is 16.4. The molecule has 0 aliphatic heterocycles. The Labute approximate surface area is 161 Å². The van der Waals surface area contributed by atoms with E-state index in [1.165, 1.54) is 5.56 Å². The van der Waals surface area contributed by atoms with E-state index in [2.05, 4.69) is 30.1 Å². The minimum Gasteiger partial charge on any atom is -0.497 e. The molecule has 0 N–H and O–H groups in total. The number of rotatable bonds is 7. The second-order valence-electron chi connectivity index (χ2n) is 6.59. The Kier molecular flexibility index (Phi) is 6.17. The van der Waals surface area contributed by atoms with Crippen molar-refractivity contribution in [3.63, 3.8) is 0 Å². The molecular formula is C23H27NO3. The van der Waals surface area contributed by atoms with Gasteiger partial charge in [-0.05, 0) is 36.0 Å². The summed E-state index contributed by atoms with van der Waals surface area (Å²) in [7, 11) is 5.06. The fourth-order valence-electron chi connectivity index (χ4n) is 4.04. The molecule has 0 amide bonds. The van der Waals surface area contributed by atoms with Crippen LogP contribution in [0.15, 0.2) is 72.1 Å². The highest BCUT2D eigenvalue weighted by Gasteiger charge is 2.37. The van der Waals surface area contributed by atoms with E-state index < -0.39 is 0 Å². The van der Waals surface area contributed by atoms with Crippen LogP contribution in [0.3, 0.4) is 0 Å². The molecule has 2 aromatic rings. The fourth-order valence-corrected chi connectivity index (χ4v) is 4.04. The first kappa shape index (κ1) is 19.0. The first-order valence-electron chi connectivity index (χ1n) is 9.30. The minimum absolute atomic E-state index is 0.147. The van der Waals surface area contributed by atoms with Gasteiger partial charge < -0.3 is 14.2 Å². The van der Waals surface area contributed by atoms with E-state index in [0.717, 1.165) is 35.5 Å². The predicted octanol–water partition coefficient (Wildman–Crippen LogP) is 5.16. The van der Waals surface area contributed by atoms with Crippen molar-refractivity contribution < 1.29 is 14.2 Å². The highest BCUT2D eigenvalue weighted by atomic mass is 16.5. The summed E-state index contributed by atoms with van der Waals surface area (Å²) in [5.41, 5.74) is 3.50. The van der Waals surface area contributed by atoms with Crippen molar-refractivity contribution in [2.45, 2.75) is 25.7 Å². The van der Waals surface area contributed by atoms with Gasteiger partial charge in [0, 0.05) is 23.9 Å². The molecule has 142 valence electrons. The molecule has 4 nitrogen and oxygen atoms in total. The van der Waals surface area contributed by atoms with Crippen LogP contribution in [0.1, 0.15) is 36.8 Å². The molecular weight excluding hydrogens is 338 g/mol. The van der Waals surface area contributed by atoms with Gasteiger partial charge in [0.25, 0.3) is 0 Å². The molecule has 1 heterocycles. The Morgan fingerprint density at radius 1 is 0.963 bits per heavy atom. The molecule has 27 heavy (non-hydrogen) atoms. The lowest BCUT2D eigenvalue weighted by Crippen LogP contribution is -2.24. The van der Waals surface area contributed by atoms with Crippen LogP contribution in [-0.4, -0.2) is 26.3 Å². The van der Waals surface area contributed by atoms with E-state index in [-0.39, 0.29) is 11.8 Å². The second kappa shape index (κ2) is 8.76. The summed E-state index contributed by atoms with van der Waals surface area (Å²) in [6.45, 7) is 2.20. The number of nitrogens with zero attached hydrogens (tertiary/aromatic N) is 1. The first-order valence-corrected chi connectivity index (χ1v) is 9.30. The molecule has 1 aromatic carbocycles. The summed E-state index contributed by atoms with van der Waals surface area (Å²) in [5, 5.41) is 0. The Bertz CT molecular complexity index is 812. The van der Waals surface area contributed by atoms with E-state index in [9.17, 15) is 0 Å². The number of allylic oxidation sites excluding steroid dienone is 2. The van der Waals surface area contributed by atoms with E-state index in [0.29, 0.717) is 5.76 Å². The smallest absolute Gasteiger partial charge is 0.199 e. The standard InChI is InChI=1S/C23H27NO3/c1-5-18(17-12-9-13-24-15-17)20-14-19(16-10-7-6-8-11-16)21(25-2)23(27-4)22(20)26-3/h6-13,15,18,20H,5,14H2,1-4H3. The van der Waals surface area contributed by atoms with Gasteiger partial charge in [0.2, 0.25) is 0 Å². The number of benzene rings is 1. The van der Waals surface area contributed by atoms with E-state index in [1.807, 2.05) is 36.7 Å². The SMILES string of the molecule is CCC(c1cccnc1)C1CC(c2ccccc2)=C(OC)C(OC)=C1OC. The van der Waals surface area contributed by atoms with Gasteiger partial charge in [-0.3, -0.25) is 4.98 Å². The third-order valence-electron chi connectivity index (χ3n) is 5.25. The normalized spacial score (nSPS) is 18.3. The van der Waals surface area contributed by atoms with Crippen molar-refractivity contribution >= 4 is 5.57 Å². The highest BCUT2D eigenvalue weighted by molar-refractivity contribution is 5.72. The monoisotopic (exact) mass is 365 g/mol. The van der Waals surface area contributed by atoms with Gasteiger partial charge in [0.05, 0.1) is 21.3 Å². The molecule has 0 spiro atoms. The minimum atomic E-state index is 0.147. The molecule has 0 saturated heterocycles. The zero-order valence-corrected chi connectivity index (χ0v) is 16.4. The number of pyridine rings is 1. The Hall–Kier alpha value is -2.75. The van der Waals surface area contributed by atoms with Gasteiger partial charge >= 0.3 is 0 Å². The average molecular weight is 365 g/mol. The third-order valence-corrected chi connectivity index (χ3v) is 5.25. The van der Waals surface area contributed by atoms with E-state index in [1.54, 1.807) is 21.3 Å². The lowest BCUT2D eigenvalue weighted by Gasteiger charge is -2.34.